The molecule has 2 amide bonds. The van der Waals surface area contributed by atoms with E-state index in [1.165, 1.54) is 49.8 Å². The molecule has 1 saturated heterocycles. The summed E-state index contributed by atoms with van der Waals surface area (Å²) in [6, 6.07) is 7.66. The van der Waals surface area contributed by atoms with Crippen LogP contribution in [0.2, 0.25) is 0 Å². The minimum absolute atomic E-state index is 0.0189. The number of fused-ring (bicyclic) bond motifs is 1. The molecular formula is C23H34N3O2+. The van der Waals surface area contributed by atoms with Crippen molar-refractivity contribution in [2.45, 2.75) is 63.8 Å². The maximum absolute atomic E-state index is 12.7. The van der Waals surface area contributed by atoms with E-state index in [1.54, 1.807) is 6.07 Å². The lowest BCUT2D eigenvalue weighted by Crippen LogP contribution is -3.15. The fraction of sp³-hybridized carbons (Fsp3) is 0.652. The number of benzene rings is 1. The molecule has 5 nitrogen and oxygen atoms in total. The van der Waals surface area contributed by atoms with Gasteiger partial charge in [0.15, 0.2) is 6.54 Å². The summed E-state index contributed by atoms with van der Waals surface area (Å²) >= 11 is 0. The summed E-state index contributed by atoms with van der Waals surface area (Å²) in [6.07, 6.45) is 11.2. The van der Waals surface area contributed by atoms with Gasteiger partial charge in [0.05, 0.1) is 24.3 Å². The van der Waals surface area contributed by atoms with Gasteiger partial charge >= 0.3 is 0 Å². The number of rotatable bonds is 5. The van der Waals surface area contributed by atoms with E-state index >= 15 is 0 Å². The molecule has 3 fully saturated rings. The molecule has 1 aromatic carbocycles. The first-order valence-corrected chi connectivity index (χ1v) is 11.2. The van der Waals surface area contributed by atoms with Crippen LogP contribution in [0.25, 0.3) is 0 Å². The molecule has 1 heterocycles. The lowest BCUT2D eigenvalue weighted by Gasteiger charge is -2.38. The standard InChI is InChI=1S/C23H33N3O2/c27-22(16-26-14-13-17-7-1-2-8-18(17)15-26)25-21-12-6-5-11-20(21)23(28)24-19-9-3-4-10-19/h5-6,11-12,17-19H,1-4,7-10,13-16H2,(H,24,28)(H,25,27)/p+1/t17-,18-/m1/s1. The number of carbonyl (C=O) groups excluding carboxylic acids is 2. The van der Waals surface area contributed by atoms with Crippen molar-refractivity contribution in [3.05, 3.63) is 29.8 Å². The predicted octanol–water partition coefficient (Wildman–Crippen LogP) is 2.39. The minimum Gasteiger partial charge on any atom is -0.349 e. The molecule has 0 aromatic heterocycles. The first-order chi connectivity index (χ1) is 13.7. The molecule has 2 aliphatic carbocycles. The largest absolute Gasteiger partial charge is 0.349 e. The van der Waals surface area contributed by atoms with Crippen molar-refractivity contribution in [3.8, 4) is 0 Å². The van der Waals surface area contributed by atoms with Crippen molar-refractivity contribution in [1.29, 1.82) is 0 Å². The second kappa shape index (κ2) is 9.08. The molecular weight excluding hydrogens is 350 g/mol. The van der Waals surface area contributed by atoms with Crippen LogP contribution in [0.5, 0.6) is 0 Å². The summed E-state index contributed by atoms with van der Waals surface area (Å²) in [6.45, 7) is 2.72. The molecule has 3 N–H and O–H groups in total. The number of hydrogen-bond acceptors (Lipinski definition) is 2. The predicted molar refractivity (Wildman–Crippen MR) is 110 cm³/mol. The van der Waals surface area contributed by atoms with E-state index in [2.05, 4.69) is 10.6 Å². The van der Waals surface area contributed by atoms with Crippen LogP contribution < -0.4 is 15.5 Å². The number of piperidine rings is 1. The molecule has 0 bridgehead atoms. The van der Waals surface area contributed by atoms with Crippen LogP contribution in [0.4, 0.5) is 5.69 Å². The number of anilines is 1. The Bertz CT molecular complexity index is 699. The van der Waals surface area contributed by atoms with Crippen LogP contribution >= 0.6 is 0 Å². The highest BCUT2D eigenvalue weighted by atomic mass is 16.2. The highest BCUT2D eigenvalue weighted by molar-refractivity contribution is 6.04. The minimum atomic E-state index is -0.0711. The van der Waals surface area contributed by atoms with E-state index < -0.39 is 0 Å². The van der Waals surface area contributed by atoms with Gasteiger partial charge in [-0.2, -0.15) is 0 Å². The number of amides is 2. The number of quaternary nitrogens is 1. The van der Waals surface area contributed by atoms with Crippen molar-refractivity contribution < 1.29 is 14.5 Å². The Kier molecular flexibility index (Phi) is 6.30. The van der Waals surface area contributed by atoms with E-state index in [0.717, 1.165) is 37.8 Å². The molecule has 4 rings (SSSR count). The fourth-order valence-electron chi connectivity index (χ4n) is 5.50. The van der Waals surface area contributed by atoms with Crippen LogP contribution in [0.3, 0.4) is 0 Å². The smallest absolute Gasteiger partial charge is 0.279 e. The topological polar surface area (TPSA) is 62.6 Å². The quantitative estimate of drug-likeness (QED) is 0.730. The molecule has 1 aromatic rings. The molecule has 1 aliphatic heterocycles. The van der Waals surface area contributed by atoms with Crippen molar-refractivity contribution in [3.63, 3.8) is 0 Å². The zero-order valence-electron chi connectivity index (χ0n) is 16.8. The van der Waals surface area contributed by atoms with E-state index in [-0.39, 0.29) is 17.9 Å². The lowest BCUT2D eigenvalue weighted by molar-refractivity contribution is -0.902. The van der Waals surface area contributed by atoms with Crippen molar-refractivity contribution in [1.82, 2.24) is 5.32 Å². The van der Waals surface area contributed by atoms with Gasteiger partial charge in [0.25, 0.3) is 11.8 Å². The molecule has 0 spiro atoms. The maximum atomic E-state index is 12.7. The molecule has 3 aliphatic rings. The van der Waals surface area contributed by atoms with Crippen LogP contribution in [0.15, 0.2) is 24.3 Å². The molecule has 28 heavy (non-hydrogen) atoms. The SMILES string of the molecule is O=C(C[NH+]1CC[C@H]2CCCC[C@@H]2C1)Nc1ccccc1C(=O)NC1CCCC1. The molecule has 5 heteroatoms. The summed E-state index contributed by atoms with van der Waals surface area (Å²) in [5.74, 6) is 1.64. The first-order valence-electron chi connectivity index (χ1n) is 11.2. The number of likely N-dealkylation sites (tertiary alicyclic amines) is 1. The number of para-hydroxylation sites is 1. The molecule has 1 unspecified atom stereocenters. The van der Waals surface area contributed by atoms with Crippen LogP contribution in [-0.4, -0.2) is 37.5 Å². The summed E-state index contributed by atoms with van der Waals surface area (Å²) in [7, 11) is 0. The Labute approximate surface area is 168 Å². The first kappa shape index (κ1) is 19.4. The van der Waals surface area contributed by atoms with E-state index in [9.17, 15) is 9.59 Å². The Morgan fingerprint density at radius 3 is 2.46 bits per heavy atom. The molecule has 152 valence electrons. The van der Waals surface area contributed by atoms with Gasteiger partial charge in [0, 0.05) is 12.0 Å². The van der Waals surface area contributed by atoms with E-state index in [1.807, 2.05) is 18.2 Å². The van der Waals surface area contributed by atoms with Gasteiger partial charge in [0.2, 0.25) is 0 Å². The number of nitrogens with one attached hydrogen (secondary N) is 3. The third kappa shape index (κ3) is 4.75. The normalized spacial score (nSPS) is 27.8. The average Bonchev–Trinajstić information content (AvgIpc) is 3.21. The summed E-state index contributed by atoms with van der Waals surface area (Å²) in [5, 5.41) is 6.14. The van der Waals surface area contributed by atoms with E-state index in [0.29, 0.717) is 17.8 Å². The molecule has 2 saturated carbocycles. The van der Waals surface area contributed by atoms with Crippen molar-refractivity contribution >= 4 is 17.5 Å². The van der Waals surface area contributed by atoms with Crippen molar-refractivity contribution in [2.24, 2.45) is 11.8 Å². The molecule has 3 atom stereocenters. The lowest BCUT2D eigenvalue weighted by atomic mass is 9.75. The second-order valence-electron chi connectivity index (χ2n) is 9.02. The Morgan fingerprint density at radius 2 is 1.64 bits per heavy atom. The Balaban J connectivity index is 1.33. The van der Waals surface area contributed by atoms with Gasteiger partial charge < -0.3 is 15.5 Å². The highest BCUT2D eigenvalue weighted by Crippen LogP contribution is 2.32. The van der Waals surface area contributed by atoms with Crippen molar-refractivity contribution in [2.75, 3.05) is 25.0 Å². The third-order valence-electron chi connectivity index (χ3n) is 7.03. The summed E-state index contributed by atoms with van der Waals surface area (Å²) in [5.41, 5.74) is 1.21. The monoisotopic (exact) mass is 384 g/mol. The Hall–Kier alpha value is -1.88. The van der Waals surface area contributed by atoms with E-state index in [4.69, 9.17) is 0 Å². The van der Waals surface area contributed by atoms with Crippen LogP contribution in [0.1, 0.15) is 68.1 Å². The van der Waals surface area contributed by atoms with Crippen LogP contribution in [0, 0.1) is 11.8 Å². The average molecular weight is 385 g/mol. The zero-order chi connectivity index (χ0) is 19.3. The Morgan fingerprint density at radius 1 is 0.929 bits per heavy atom. The van der Waals surface area contributed by atoms with Gasteiger partial charge in [-0.1, -0.05) is 37.8 Å². The number of carbonyl (C=O) groups is 2. The van der Waals surface area contributed by atoms with Gasteiger partial charge in [-0.3, -0.25) is 9.59 Å². The van der Waals surface area contributed by atoms with Gasteiger partial charge in [-0.05, 0) is 50.2 Å². The second-order valence-corrected chi connectivity index (χ2v) is 9.02. The van der Waals surface area contributed by atoms with Crippen LogP contribution in [-0.2, 0) is 4.79 Å². The molecule has 0 radical (unpaired) electrons. The fourth-order valence-corrected chi connectivity index (χ4v) is 5.50. The zero-order valence-corrected chi connectivity index (χ0v) is 16.8. The third-order valence-corrected chi connectivity index (χ3v) is 7.03. The van der Waals surface area contributed by atoms with Gasteiger partial charge in [0.1, 0.15) is 0 Å². The summed E-state index contributed by atoms with van der Waals surface area (Å²) < 4.78 is 0. The summed E-state index contributed by atoms with van der Waals surface area (Å²) in [4.78, 5) is 26.8. The van der Waals surface area contributed by atoms with Gasteiger partial charge in [-0.25, -0.2) is 0 Å². The highest BCUT2D eigenvalue weighted by Gasteiger charge is 2.34. The number of hydrogen-bond donors (Lipinski definition) is 3. The maximum Gasteiger partial charge on any atom is 0.279 e. The van der Waals surface area contributed by atoms with Gasteiger partial charge in [-0.15, -0.1) is 0 Å².